The second-order valence-electron chi connectivity index (χ2n) is 5.35. The largest absolute Gasteiger partial charge is 0.450 e. The molecule has 1 amide bonds. The summed E-state index contributed by atoms with van der Waals surface area (Å²) in [5.41, 5.74) is 0.974. The molecule has 1 aliphatic rings. The third-order valence-corrected chi connectivity index (χ3v) is 3.82. The molecule has 0 radical (unpaired) electrons. The number of anilines is 1. The fourth-order valence-electron chi connectivity index (χ4n) is 2.56. The van der Waals surface area contributed by atoms with E-state index >= 15 is 0 Å². The summed E-state index contributed by atoms with van der Waals surface area (Å²) in [6.45, 7) is 5.53. The molecule has 1 atom stereocenters. The lowest BCUT2D eigenvalue weighted by atomic mass is 10.1. The molecule has 1 aliphatic heterocycles. The van der Waals surface area contributed by atoms with E-state index in [1.807, 2.05) is 4.90 Å². The standard InChI is InChI=1S/C15H21N3O5/c1-3-23-15(20)17-8-6-16(7-9-17)13-5-4-12(11(2)19)10-14(13)18(21)22/h4-5,10-11,19H,3,6-9H2,1-2H3/t11-/m0/s1. The minimum atomic E-state index is -0.761. The first-order valence-electron chi connectivity index (χ1n) is 7.57. The second kappa shape index (κ2) is 7.28. The number of aliphatic hydroxyl groups excluding tert-OH is 1. The van der Waals surface area contributed by atoms with E-state index in [0.29, 0.717) is 44.0 Å². The average molecular weight is 323 g/mol. The molecule has 1 heterocycles. The Bertz CT molecular complexity index is 582. The van der Waals surface area contributed by atoms with E-state index in [1.165, 1.54) is 6.07 Å². The number of nitrogens with zero attached hydrogens (tertiary/aromatic N) is 3. The average Bonchev–Trinajstić information content (AvgIpc) is 2.54. The van der Waals surface area contributed by atoms with E-state index in [9.17, 15) is 20.0 Å². The quantitative estimate of drug-likeness (QED) is 0.672. The predicted octanol–water partition coefficient (Wildman–Crippen LogP) is 1.93. The van der Waals surface area contributed by atoms with Crippen LogP contribution in [-0.4, -0.2) is 53.8 Å². The molecule has 0 bridgehead atoms. The highest BCUT2D eigenvalue weighted by Gasteiger charge is 2.26. The van der Waals surface area contributed by atoms with E-state index in [1.54, 1.807) is 30.9 Å². The van der Waals surface area contributed by atoms with Gasteiger partial charge in [-0.15, -0.1) is 0 Å². The Balaban J connectivity index is 2.14. The molecule has 1 aromatic carbocycles. The zero-order valence-corrected chi connectivity index (χ0v) is 13.3. The van der Waals surface area contributed by atoms with Crippen molar-refractivity contribution in [1.29, 1.82) is 0 Å². The Morgan fingerprint density at radius 1 is 1.39 bits per heavy atom. The molecule has 1 N–H and O–H groups in total. The van der Waals surface area contributed by atoms with Gasteiger partial charge < -0.3 is 19.6 Å². The smallest absolute Gasteiger partial charge is 0.409 e. The van der Waals surface area contributed by atoms with Crippen molar-refractivity contribution in [2.75, 3.05) is 37.7 Å². The van der Waals surface area contributed by atoms with Gasteiger partial charge in [-0.2, -0.15) is 0 Å². The van der Waals surface area contributed by atoms with Gasteiger partial charge in [-0.05, 0) is 25.5 Å². The summed E-state index contributed by atoms with van der Waals surface area (Å²) in [6.07, 6.45) is -1.12. The van der Waals surface area contributed by atoms with Crippen molar-refractivity contribution in [3.05, 3.63) is 33.9 Å². The molecule has 8 nitrogen and oxygen atoms in total. The molecule has 0 aliphatic carbocycles. The molecule has 126 valence electrons. The molecule has 0 spiro atoms. The monoisotopic (exact) mass is 323 g/mol. The summed E-state index contributed by atoms with van der Waals surface area (Å²) < 4.78 is 4.96. The Kier molecular flexibility index (Phi) is 5.38. The van der Waals surface area contributed by atoms with Gasteiger partial charge in [-0.1, -0.05) is 6.07 Å². The van der Waals surface area contributed by atoms with E-state index < -0.39 is 11.0 Å². The van der Waals surface area contributed by atoms with Gasteiger partial charge >= 0.3 is 6.09 Å². The molecule has 0 unspecified atom stereocenters. The normalized spacial score (nSPS) is 16.1. The molecule has 23 heavy (non-hydrogen) atoms. The van der Waals surface area contributed by atoms with E-state index in [4.69, 9.17) is 4.74 Å². The first-order valence-corrected chi connectivity index (χ1v) is 7.57. The molecule has 0 saturated carbocycles. The molecule has 1 saturated heterocycles. The number of hydrogen-bond donors (Lipinski definition) is 1. The maximum atomic E-state index is 11.7. The molecule has 2 rings (SSSR count). The summed E-state index contributed by atoms with van der Waals surface area (Å²) in [5, 5.41) is 20.9. The van der Waals surface area contributed by atoms with Crippen LogP contribution < -0.4 is 4.90 Å². The Labute approximate surface area is 134 Å². The lowest BCUT2D eigenvalue weighted by molar-refractivity contribution is -0.384. The van der Waals surface area contributed by atoms with E-state index in [-0.39, 0.29) is 11.8 Å². The summed E-state index contributed by atoms with van der Waals surface area (Å²) >= 11 is 0. The zero-order valence-electron chi connectivity index (χ0n) is 13.3. The van der Waals surface area contributed by atoms with Crippen LogP contribution in [-0.2, 0) is 4.74 Å². The van der Waals surface area contributed by atoms with E-state index in [0.717, 1.165) is 0 Å². The highest BCUT2D eigenvalue weighted by Crippen LogP contribution is 2.31. The van der Waals surface area contributed by atoms with Crippen LogP contribution in [0.2, 0.25) is 0 Å². The highest BCUT2D eigenvalue weighted by molar-refractivity contribution is 5.69. The summed E-state index contributed by atoms with van der Waals surface area (Å²) in [7, 11) is 0. The first-order chi connectivity index (χ1) is 10.9. The van der Waals surface area contributed by atoms with Crippen LogP contribution in [0.3, 0.4) is 0 Å². The lowest BCUT2D eigenvalue weighted by Gasteiger charge is -2.35. The van der Waals surface area contributed by atoms with Crippen LogP contribution in [0.1, 0.15) is 25.5 Å². The van der Waals surface area contributed by atoms with Crippen molar-refractivity contribution in [3.8, 4) is 0 Å². The van der Waals surface area contributed by atoms with Gasteiger partial charge in [0.05, 0.1) is 17.6 Å². The predicted molar refractivity (Wildman–Crippen MR) is 84.5 cm³/mol. The molecule has 8 heteroatoms. The number of carbonyl (C=O) groups excluding carboxylic acids is 1. The van der Waals surface area contributed by atoms with Crippen LogP contribution in [0, 0.1) is 10.1 Å². The second-order valence-corrected chi connectivity index (χ2v) is 5.35. The van der Waals surface area contributed by atoms with Crippen molar-refractivity contribution in [3.63, 3.8) is 0 Å². The molecule has 1 aromatic rings. The number of carbonyl (C=O) groups is 1. The maximum absolute atomic E-state index is 11.7. The maximum Gasteiger partial charge on any atom is 0.409 e. The highest BCUT2D eigenvalue weighted by atomic mass is 16.6. The number of amides is 1. The first kappa shape index (κ1) is 17.0. The number of nitro benzene ring substituents is 1. The van der Waals surface area contributed by atoms with Gasteiger partial charge in [-0.25, -0.2) is 4.79 Å². The summed E-state index contributed by atoms with van der Waals surface area (Å²) in [4.78, 5) is 26.0. The van der Waals surface area contributed by atoms with Crippen LogP contribution in [0.5, 0.6) is 0 Å². The lowest BCUT2D eigenvalue weighted by Crippen LogP contribution is -2.49. The fraction of sp³-hybridized carbons (Fsp3) is 0.533. The van der Waals surface area contributed by atoms with Gasteiger partial charge in [-0.3, -0.25) is 10.1 Å². The zero-order chi connectivity index (χ0) is 17.0. The van der Waals surface area contributed by atoms with E-state index in [2.05, 4.69) is 0 Å². The van der Waals surface area contributed by atoms with Gasteiger partial charge in [0, 0.05) is 32.2 Å². The molecule has 0 aromatic heterocycles. The van der Waals surface area contributed by atoms with Gasteiger partial charge in [0.1, 0.15) is 5.69 Å². The Morgan fingerprint density at radius 3 is 2.57 bits per heavy atom. The van der Waals surface area contributed by atoms with Gasteiger partial charge in [0.15, 0.2) is 0 Å². The Morgan fingerprint density at radius 2 is 2.04 bits per heavy atom. The molecular formula is C15H21N3O5. The summed E-state index contributed by atoms with van der Waals surface area (Å²) in [5.74, 6) is 0. The fourth-order valence-corrected chi connectivity index (χ4v) is 2.56. The number of rotatable bonds is 4. The van der Waals surface area contributed by atoms with Crippen molar-refractivity contribution in [2.24, 2.45) is 0 Å². The number of benzene rings is 1. The number of nitro groups is 1. The number of piperazine rings is 1. The topological polar surface area (TPSA) is 96.2 Å². The minimum Gasteiger partial charge on any atom is -0.450 e. The molecular weight excluding hydrogens is 302 g/mol. The van der Waals surface area contributed by atoms with Gasteiger partial charge in [0.2, 0.25) is 0 Å². The third kappa shape index (κ3) is 3.89. The van der Waals surface area contributed by atoms with Crippen LogP contribution in [0.4, 0.5) is 16.2 Å². The van der Waals surface area contributed by atoms with Crippen LogP contribution >= 0.6 is 0 Å². The van der Waals surface area contributed by atoms with Crippen molar-refractivity contribution in [1.82, 2.24) is 4.90 Å². The summed E-state index contributed by atoms with van der Waals surface area (Å²) in [6, 6.07) is 4.74. The van der Waals surface area contributed by atoms with Crippen LogP contribution in [0.25, 0.3) is 0 Å². The van der Waals surface area contributed by atoms with Crippen LogP contribution in [0.15, 0.2) is 18.2 Å². The number of aliphatic hydroxyl groups is 1. The molecule has 1 fully saturated rings. The Hall–Kier alpha value is -2.35. The van der Waals surface area contributed by atoms with Crippen molar-refractivity contribution < 1.29 is 19.6 Å². The van der Waals surface area contributed by atoms with Crippen molar-refractivity contribution >= 4 is 17.5 Å². The number of hydrogen-bond acceptors (Lipinski definition) is 6. The SMILES string of the molecule is CCOC(=O)N1CCN(c2ccc([C@H](C)O)cc2[N+](=O)[O-])CC1. The minimum absolute atomic E-state index is 0.0343. The number of ether oxygens (including phenoxy) is 1. The van der Waals surface area contributed by atoms with Crippen molar-refractivity contribution in [2.45, 2.75) is 20.0 Å². The third-order valence-electron chi connectivity index (χ3n) is 3.82. The van der Waals surface area contributed by atoms with Gasteiger partial charge in [0.25, 0.3) is 5.69 Å².